The van der Waals surface area contributed by atoms with Crippen LogP contribution in [0.5, 0.6) is 17.2 Å². The van der Waals surface area contributed by atoms with Crippen molar-refractivity contribution >= 4 is 11.6 Å². The molecule has 25 heavy (non-hydrogen) atoms. The van der Waals surface area contributed by atoms with E-state index in [1.54, 1.807) is 24.3 Å². The van der Waals surface area contributed by atoms with E-state index < -0.39 is 5.79 Å². The van der Waals surface area contributed by atoms with E-state index in [0.29, 0.717) is 23.6 Å². The molecule has 2 aromatic rings. The Morgan fingerprint density at radius 3 is 2.52 bits per heavy atom. The van der Waals surface area contributed by atoms with E-state index in [1.165, 1.54) is 0 Å². The molecule has 2 aromatic carbocycles. The number of carbonyl (C=O) groups excluding carboxylic acids is 1. The van der Waals surface area contributed by atoms with Crippen LogP contribution in [0, 0.1) is 0 Å². The standard InChI is InChI=1S/C20H21NO4/c1-2-23-16-8-5-14(6-9-16)19(22)21-15-7-10-17-18(13-15)25-20(24-17)11-3-4-12-20/h5-10,13H,2-4,11-12H2,1H3,(H,21,22). The molecule has 1 spiro atoms. The summed E-state index contributed by atoms with van der Waals surface area (Å²) in [6, 6.07) is 12.6. The maximum Gasteiger partial charge on any atom is 0.255 e. The fourth-order valence-electron chi connectivity index (χ4n) is 3.36. The summed E-state index contributed by atoms with van der Waals surface area (Å²) in [6.45, 7) is 2.53. The van der Waals surface area contributed by atoms with E-state index in [1.807, 2.05) is 25.1 Å². The van der Waals surface area contributed by atoms with E-state index in [4.69, 9.17) is 14.2 Å². The van der Waals surface area contributed by atoms with Gasteiger partial charge in [-0.2, -0.15) is 0 Å². The highest BCUT2D eigenvalue weighted by molar-refractivity contribution is 6.04. The molecule has 0 aromatic heterocycles. The van der Waals surface area contributed by atoms with Gasteiger partial charge >= 0.3 is 0 Å². The predicted molar refractivity (Wildman–Crippen MR) is 94.5 cm³/mol. The second-order valence-corrected chi connectivity index (χ2v) is 6.39. The number of ether oxygens (including phenoxy) is 3. The number of amides is 1. The molecular formula is C20H21NO4. The number of hydrogen-bond donors (Lipinski definition) is 1. The van der Waals surface area contributed by atoms with Gasteiger partial charge in [0.15, 0.2) is 11.5 Å². The molecule has 2 aliphatic rings. The van der Waals surface area contributed by atoms with E-state index in [0.717, 1.165) is 37.2 Å². The summed E-state index contributed by atoms with van der Waals surface area (Å²) in [5.41, 5.74) is 1.27. The molecule has 1 saturated carbocycles. The SMILES string of the molecule is CCOc1ccc(C(=O)Nc2ccc3c(c2)OC2(CCCC2)O3)cc1. The lowest BCUT2D eigenvalue weighted by atomic mass is 10.2. The van der Waals surface area contributed by atoms with Crippen molar-refractivity contribution in [3.8, 4) is 17.2 Å². The van der Waals surface area contributed by atoms with Crippen molar-refractivity contribution in [3.63, 3.8) is 0 Å². The molecule has 0 saturated heterocycles. The highest BCUT2D eigenvalue weighted by atomic mass is 16.7. The van der Waals surface area contributed by atoms with Crippen molar-refractivity contribution in [2.75, 3.05) is 11.9 Å². The Morgan fingerprint density at radius 2 is 1.80 bits per heavy atom. The molecule has 4 rings (SSSR count). The number of fused-ring (bicyclic) bond motifs is 1. The van der Waals surface area contributed by atoms with Crippen LogP contribution in [0.15, 0.2) is 42.5 Å². The molecule has 130 valence electrons. The van der Waals surface area contributed by atoms with Crippen LogP contribution in [-0.2, 0) is 0 Å². The molecule has 1 amide bonds. The Morgan fingerprint density at radius 1 is 1.08 bits per heavy atom. The molecule has 1 fully saturated rings. The van der Waals surface area contributed by atoms with Gasteiger partial charge in [-0.3, -0.25) is 4.79 Å². The highest BCUT2D eigenvalue weighted by Gasteiger charge is 2.44. The molecule has 1 aliphatic heterocycles. The summed E-state index contributed by atoms with van der Waals surface area (Å²) in [6.07, 6.45) is 4.07. The number of carbonyl (C=O) groups is 1. The first-order valence-corrected chi connectivity index (χ1v) is 8.74. The Bertz CT molecular complexity index is 779. The van der Waals surface area contributed by atoms with Gasteiger partial charge in [0, 0.05) is 30.2 Å². The highest BCUT2D eigenvalue weighted by Crippen LogP contribution is 2.47. The second-order valence-electron chi connectivity index (χ2n) is 6.39. The van der Waals surface area contributed by atoms with E-state index in [9.17, 15) is 4.79 Å². The molecule has 1 aliphatic carbocycles. The predicted octanol–water partition coefficient (Wildman–Crippen LogP) is 4.38. The Balaban J connectivity index is 1.46. The van der Waals surface area contributed by atoms with Gasteiger partial charge < -0.3 is 19.5 Å². The third-order valence-corrected chi connectivity index (χ3v) is 4.59. The molecule has 1 heterocycles. The first-order valence-electron chi connectivity index (χ1n) is 8.74. The summed E-state index contributed by atoms with van der Waals surface area (Å²) in [5.74, 6) is 1.55. The molecule has 0 atom stereocenters. The van der Waals surface area contributed by atoms with Gasteiger partial charge in [0.1, 0.15) is 5.75 Å². The van der Waals surface area contributed by atoms with Gasteiger partial charge in [-0.05, 0) is 56.2 Å². The quantitative estimate of drug-likeness (QED) is 0.898. The van der Waals surface area contributed by atoms with Crippen molar-refractivity contribution in [1.82, 2.24) is 0 Å². The van der Waals surface area contributed by atoms with Crippen LogP contribution in [0.4, 0.5) is 5.69 Å². The minimum absolute atomic E-state index is 0.169. The molecular weight excluding hydrogens is 318 g/mol. The Kier molecular flexibility index (Phi) is 3.99. The zero-order chi connectivity index (χ0) is 17.3. The van der Waals surface area contributed by atoms with E-state index >= 15 is 0 Å². The lowest BCUT2D eigenvalue weighted by Gasteiger charge is -2.21. The maximum atomic E-state index is 12.4. The number of nitrogens with one attached hydrogen (secondary N) is 1. The van der Waals surface area contributed by atoms with E-state index in [2.05, 4.69) is 5.32 Å². The van der Waals surface area contributed by atoms with Gasteiger partial charge in [0.25, 0.3) is 11.7 Å². The van der Waals surface area contributed by atoms with Crippen molar-refractivity contribution in [2.24, 2.45) is 0 Å². The fourth-order valence-corrected chi connectivity index (χ4v) is 3.36. The van der Waals surface area contributed by atoms with Crippen LogP contribution < -0.4 is 19.5 Å². The molecule has 1 N–H and O–H groups in total. The average Bonchev–Trinajstić information content (AvgIpc) is 3.21. The summed E-state index contributed by atoms with van der Waals surface area (Å²) < 4.78 is 17.4. The van der Waals surface area contributed by atoms with Crippen molar-refractivity contribution in [1.29, 1.82) is 0 Å². The number of hydrogen-bond acceptors (Lipinski definition) is 4. The monoisotopic (exact) mass is 339 g/mol. The minimum atomic E-state index is -0.486. The van der Waals surface area contributed by atoms with Crippen LogP contribution in [0.2, 0.25) is 0 Å². The van der Waals surface area contributed by atoms with Crippen LogP contribution in [-0.4, -0.2) is 18.3 Å². The molecule has 0 unspecified atom stereocenters. The summed E-state index contributed by atoms with van der Waals surface area (Å²) in [4.78, 5) is 12.4. The van der Waals surface area contributed by atoms with Gasteiger partial charge in [-0.15, -0.1) is 0 Å². The third kappa shape index (κ3) is 3.14. The summed E-state index contributed by atoms with van der Waals surface area (Å²) in [5, 5.41) is 2.90. The Hall–Kier alpha value is -2.69. The molecule has 0 radical (unpaired) electrons. The molecule has 0 bridgehead atoms. The van der Waals surface area contributed by atoms with Crippen LogP contribution in [0.3, 0.4) is 0 Å². The molecule has 5 nitrogen and oxygen atoms in total. The van der Waals surface area contributed by atoms with Crippen molar-refractivity contribution in [2.45, 2.75) is 38.4 Å². The average molecular weight is 339 g/mol. The topological polar surface area (TPSA) is 56.8 Å². The van der Waals surface area contributed by atoms with Gasteiger partial charge in [0.2, 0.25) is 0 Å². The fraction of sp³-hybridized carbons (Fsp3) is 0.350. The van der Waals surface area contributed by atoms with Crippen molar-refractivity contribution < 1.29 is 19.0 Å². The molecule has 5 heteroatoms. The number of rotatable bonds is 4. The maximum absolute atomic E-state index is 12.4. The normalized spacial score (nSPS) is 16.8. The first kappa shape index (κ1) is 15.8. The number of anilines is 1. The second kappa shape index (κ2) is 6.31. The minimum Gasteiger partial charge on any atom is -0.494 e. The number of benzene rings is 2. The van der Waals surface area contributed by atoms with E-state index in [-0.39, 0.29) is 5.91 Å². The van der Waals surface area contributed by atoms with Crippen LogP contribution >= 0.6 is 0 Å². The van der Waals surface area contributed by atoms with Gasteiger partial charge in [-0.25, -0.2) is 0 Å². The third-order valence-electron chi connectivity index (χ3n) is 4.59. The lowest BCUT2D eigenvalue weighted by molar-refractivity contribution is -0.0716. The zero-order valence-electron chi connectivity index (χ0n) is 14.2. The Labute approximate surface area is 146 Å². The van der Waals surface area contributed by atoms with Crippen LogP contribution in [0.25, 0.3) is 0 Å². The van der Waals surface area contributed by atoms with Gasteiger partial charge in [-0.1, -0.05) is 0 Å². The smallest absolute Gasteiger partial charge is 0.255 e. The zero-order valence-corrected chi connectivity index (χ0v) is 14.2. The first-order chi connectivity index (χ1) is 12.2. The van der Waals surface area contributed by atoms with Crippen LogP contribution in [0.1, 0.15) is 43.0 Å². The summed E-state index contributed by atoms with van der Waals surface area (Å²) >= 11 is 0. The summed E-state index contributed by atoms with van der Waals surface area (Å²) in [7, 11) is 0. The van der Waals surface area contributed by atoms with Gasteiger partial charge in [0.05, 0.1) is 6.61 Å². The van der Waals surface area contributed by atoms with Crippen molar-refractivity contribution in [3.05, 3.63) is 48.0 Å². The largest absolute Gasteiger partial charge is 0.494 e. The lowest BCUT2D eigenvalue weighted by Crippen LogP contribution is -2.34.